The smallest absolute Gasteiger partial charge is 0.278 e. The van der Waals surface area contributed by atoms with Gasteiger partial charge in [-0.3, -0.25) is 14.9 Å². The number of pyridine rings is 1. The van der Waals surface area contributed by atoms with E-state index in [2.05, 4.69) is 37.6 Å². The molecule has 0 spiro atoms. The third-order valence-corrected chi connectivity index (χ3v) is 7.12. The van der Waals surface area contributed by atoms with Crippen molar-refractivity contribution in [1.82, 2.24) is 35.2 Å². The highest BCUT2D eigenvalue weighted by Gasteiger charge is 2.35. The molecule has 0 unspecified atom stereocenters. The van der Waals surface area contributed by atoms with E-state index in [0.717, 1.165) is 80.4 Å². The molecule has 0 aliphatic heterocycles. The number of H-pyrrole nitrogens is 2. The Balaban J connectivity index is 1.51. The molecule has 4 aromatic heterocycles. The largest absolute Gasteiger partial charge is 0.433 e. The zero-order valence-electron chi connectivity index (χ0n) is 19.2. The van der Waals surface area contributed by atoms with Gasteiger partial charge in [-0.15, -0.1) is 0 Å². The van der Waals surface area contributed by atoms with E-state index in [4.69, 9.17) is 4.98 Å². The van der Waals surface area contributed by atoms with Crippen LogP contribution in [0.1, 0.15) is 29.7 Å². The van der Waals surface area contributed by atoms with Gasteiger partial charge in [-0.2, -0.15) is 28.5 Å². The van der Waals surface area contributed by atoms with Gasteiger partial charge in [-0.25, -0.2) is 4.98 Å². The van der Waals surface area contributed by atoms with Crippen molar-refractivity contribution in [3.63, 3.8) is 0 Å². The molecular formula is C26H20F3N7. The molecule has 4 heterocycles. The molecular weight excluding hydrogens is 467 g/mol. The highest BCUT2D eigenvalue weighted by molar-refractivity contribution is 6.13. The van der Waals surface area contributed by atoms with Crippen molar-refractivity contribution in [3.8, 4) is 22.6 Å². The molecule has 0 saturated carbocycles. The molecule has 0 saturated heterocycles. The molecule has 6 aromatic rings. The number of hydrogen-bond donors (Lipinski definition) is 2. The van der Waals surface area contributed by atoms with Gasteiger partial charge in [-0.1, -0.05) is 6.07 Å². The maximum Gasteiger partial charge on any atom is 0.433 e. The molecule has 36 heavy (non-hydrogen) atoms. The summed E-state index contributed by atoms with van der Waals surface area (Å²) < 4.78 is 41.3. The molecule has 7 nitrogen and oxygen atoms in total. The van der Waals surface area contributed by atoms with Gasteiger partial charge in [0.15, 0.2) is 0 Å². The maximum absolute atomic E-state index is 13.5. The van der Waals surface area contributed by atoms with Crippen LogP contribution in [-0.2, 0) is 26.1 Å². The number of rotatable bonds is 2. The van der Waals surface area contributed by atoms with Crippen LogP contribution in [0.4, 0.5) is 13.2 Å². The van der Waals surface area contributed by atoms with Gasteiger partial charge in [0.2, 0.25) is 0 Å². The number of nitrogens with zero attached hydrogens (tertiary/aromatic N) is 5. The highest BCUT2D eigenvalue weighted by atomic mass is 19.4. The Hall–Kier alpha value is -4.21. The van der Waals surface area contributed by atoms with Crippen LogP contribution >= 0.6 is 0 Å². The van der Waals surface area contributed by atoms with E-state index in [1.807, 2.05) is 18.2 Å². The van der Waals surface area contributed by atoms with Crippen LogP contribution in [0.25, 0.3) is 55.4 Å². The van der Waals surface area contributed by atoms with Crippen LogP contribution in [0.15, 0.2) is 42.6 Å². The first kappa shape index (κ1) is 21.1. The van der Waals surface area contributed by atoms with Crippen molar-refractivity contribution in [2.75, 3.05) is 0 Å². The minimum atomic E-state index is -4.50. The van der Waals surface area contributed by atoms with Crippen molar-refractivity contribution >= 4 is 32.7 Å². The summed E-state index contributed by atoms with van der Waals surface area (Å²) >= 11 is 0. The van der Waals surface area contributed by atoms with Crippen molar-refractivity contribution in [3.05, 3.63) is 59.4 Å². The lowest BCUT2D eigenvalue weighted by Crippen LogP contribution is -2.11. The molecule has 0 radical (unpaired) electrons. The van der Waals surface area contributed by atoms with E-state index >= 15 is 0 Å². The minimum Gasteiger partial charge on any atom is -0.278 e. The Labute approximate surface area is 202 Å². The summed E-state index contributed by atoms with van der Waals surface area (Å²) in [5.74, 6) is 0. The molecule has 1 aliphatic rings. The van der Waals surface area contributed by atoms with Crippen LogP contribution in [0.5, 0.6) is 0 Å². The van der Waals surface area contributed by atoms with E-state index < -0.39 is 11.9 Å². The Morgan fingerprint density at radius 2 is 1.69 bits per heavy atom. The number of aromatic nitrogens is 7. The number of nitrogens with one attached hydrogen (secondary N) is 2. The minimum absolute atomic E-state index is 0.183. The number of benzene rings is 2. The summed E-state index contributed by atoms with van der Waals surface area (Å²) in [5, 5.41) is 21.4. The van der Waals surface area contributed by atoms with E-state index in [9.17, 15) is 13.2 Å². The van der Waals surface area contributed by atoms with E-state index in [1.165, 1.54) is 18.2 Å². The lowest BCUT2D eigenvalue weighted by atomic mass is 9.85. The molecule has 0 fully saturated rings. The van der Waals surface area contributed by atoms with Crippen molar-refractivity contribution in [2.45, 2.75) is 31.9 Å². The second-order valence-corrected chi connectivity index (χ2v) is 9.29. The maximum atomic E-state index is 13.5. The number of hydrogen-bond acceptors (Lipinski definition) is 4. The van der Waals surface area contributed by atoms with Gasteiger partial charge in [0.05, 0.1) is 28.4 Å². The van der Waals surface area contributed by atoms with Gasteiger partial charge in [-0.05, 0) is 67.1 Å². The number of aryl methyl sites for hydroxylation is 2. The van der Waals surface area contributed by atoms with Gasteiger partial charge in [0.25, 0.3) is 0 Å². The van der Waals surface area contributed by atoms with E-state index in [1.54, 1.807) is 6.20 Å². The van der Waals surface area contributed by atoms with E-state index in [0.29, 0.717) is 5.69 Å². The normalized spacial score (nSPS) is 14.2. The number of aromatic amines is 2. The third-order valence-electron chi connectivity index (χ3n) is 7.12. The molecule has 2 aromatic carbocycles. The molecule has 1 aliphatic carbocycles. The summed E-state index contributed by atoms with van der Waals surface area (Å²) in [6.45, 7) is 0. The average molecular weight is 487 g/mol. The van der Waals surface area contributed by atoms with Crippen molar-refractivity contribution < 1.29 is 13.2 Å². The molecule has 10 heteroatoms. The summed E-state index contributed by atoms with van der Waals surface area (Å²) in [7, 11) is 1.30. The summed E-state index contributed by atoms with van der Waals surface area (Å²) in [6.07, 6.45) is 1.16. The molecule has 0 atom stereocenters. The van der Waals surface area contributed by atoms with Crippen LogP contribution in [0.3, 0.4) is 0 Å². The van der Waals surface area contributed by atoms with Gasteiger partial charge in [0.1, 0.15) is 17.1 Å². The van der Waals surface area contributed by atoms with E-state index in [-0.39, 0.29) is 5.69 Å². The second-order valence-electron chi connectivity index (χ2n) is 9.29. The van der Waals surface area contributed by atoms with Crippen LogP contribution < -0.4 is 0 Å². The number of fused-ring (bicyclic) bond motifs is 6. The first-order valence-electron chi connectivity index (χ1n) is 11.8. The lowest BCUT2D eigenvalue weighted by molar-refractivity contribution is -0.143. The zero-order chi connectivity index (χ0) is 24.6. The summed E-state index contributed by atoms with van der Waals surface area (Å²) in [4.78, 5) is 5.10. The Morgan fingerprint density at radius 3 is 2.50 bits per heavy atom. The fourth-order valence-corrected chi connectivity index (χ4v) is 5.49. The zero-order valence-corrected chi connectivity index (χ0v) is 19.2. The third kappa shape index (κ3) is 3.06. The fourth-order valence-electron chi connectivity index (χ4n) is 5.49. The summed E-state index contributed by atoms with van der Waals surface area (Å²) in [6, 6.07) is 11.0. The second kappa shape index (κ2) is 7.39. The monoisotopic (exact) mass is 487 g/mol. The lowest BCUT2D eigenvalue weighted by Gasteiger charge is -2.22. The number of halogens is 3. The average Bonchev–Trinajstić information content (AvgIpc) is 3.60. The predicted octanol–water partition coefficient (Wildman–Crippen LogP) is 5.95. The predicted molar refractivity (Wildman–Crippen MR) is 130 cm³/mol. The molecule has 0 bridgehead atoms. The van der Waals surface area contributed by atoms with Gasteiger partial charge < -0.3 is 0 Å². The standard InChI is InChI=1S/C26H20F3N7/c1-36-21(26(27,28)29)11-20(35-36)25-23-19(33-34-25)9-8-18-22(23)15-4-2-3-5-16(15)24(31-18)13-6-7-17-14(10-13)12-30-32-17/h6-12H,2-5H2,1H3,(H,30,32)(H,33,34). The Kier molecular flexibility index (Phi) is 4.33. The fraction of sp³-hybridized carbons (Fsp3) is 0.231. The van der Waals surface area contributed by atoms with Crippen LogP contribution in [-0.4, -0.2) is 35.2 Å². The quantitative estimate of drug-likeness (QED) is 0.316. The van der Waals surface area contributed by atoms with Crippen molar-refractivity contribution in [2.24, 2.45) is 7.05 Å². The topological polar surface area (TPSA) is 88.1 Å². The molecule has 0 amide bonds. The summed E-state index contributed by atoms with van der Waals surface area (Å²) in [5.41, 5.74) is 6.63. The van der Waals surface area contributed by atoms with Crippen molar-refractivity contribution in [1.29, 1.82) is 0 Å². The molecule has 180 valence electrons. The molecule has 7 rings (SSSR count). The first-order valence-corrected chi connectivity index (χ1v) is 11.8. The Bertz CT molecular complexity index is 1810. The Morgan fingerprint density at radius 1 is 0.889 bits per heavy atom. The first-order chi connectivity index (χ1) is 17.4. The SMILES string of the molecule is Cn1nc(-c2n[nH]c3ccc4nc(-c5ccc6[nH]ncc6c5)c5c(c4c23)CCCC5)cc1C(F)(F)F. The molecule has 2 N–H and O–H groups in total. The van der Waals surface area contributed by atoms with Crippen LogP contribution in [0, 0.1) is 0 Å². The van der Waals surface area contributed by atoms with Gasteiger partial charge >= 0.3 is 6.18 Å². The van der Waals surface area contributed by atoms with Gasteiger partial charge in [0, 0.05) is 28.8 Å². The number of alkyl halides is 3. The highest BCUT2D eigenvalue weighted by Crippen LogP contribution is 2.41. The van der Waals surface area contributed by atoms with Crippen LogP contribution in [0.2, 0.25) is 0 Å².